The first-order valence-corrected chi connectivity index (χ1v) is 8.36. The van der Waals surface area contributed by atoms with Gasteiger partial charge in [0, 0.05) is 15.4 Å². The van der Waals surface area contributed by atoms with E-state index in [9.17, 15) is 0 Å². The lowest BCUT2D eigenvalue weighted by atomic mass is 9.97. The zero-order valence-electron chi connectivity index (χ0n) is 10.5. The molecule has 1 unspecified atom stereocenters. The minimum Gasteiger partial charge on any atom is -0.317 e. The van der Waals surface area contributed by atoms with E-state index in [0.29, 0.717) is 6.04 Å². The predicted molar refractivity (Wildman–Crippen MR) is 79.8 cm³/mol. The molecule has 96 valence electrons. The summed E-state index contributed by atoms with van der Waals surface area (Å²) in [5.74, 6) is 1.01. The molecule has 1 aromatic rings. The first-order chi connectivity index (χ1) is 8.29. The normalized spacial score (nSPS) is 18.7. The molecule has 1 atom stereocenters. The van der Waals surface area contributed by atoms with Gasteiger partial charge in [-0.25, -0.2) is 0 Å². The van der Waals surface area contributed by atoms with E-state index < -0.39 is 0 Å². The van der Waals surface area contributed by atoms with E-state index in [1.165, 1.54) is 54.3 Å². The molecule has 0 bridgehead atoms. The van der Waals surface area contributed by atoms with Gasteiger partial charge in [-0.15, -0.1) is 11.3 Å². The van der Waals surface area contributed by atoms with Crippen molar-refractivity contribution in [3.05, 3.63) is 20.8 Å². The second-order valence-electron chi connectivity index (χ2n) is 5.11. The minimum absolute atomic E-state index is 0.644. The molecular weight excluding hydrogens is 294 g/mol. The van der Waals surface area contributed by atoms with Gasteiger partial charge in [-0.2, -0.15) is 0 Å². The molecule has 1 saturated carbocycles. The van der Waals surface area contributed by atoms with Gasteiger partial charge < -0.3 is 5.32 Å². The van der Waals surface area contributed by atoms with E-state index in [4.69, 9.17) is 0 Å². The quantitative estimate of drug-likeness (QED) is 0.808. The summed E-state index contributed by atoms with van der Waals surface area (Å²) in [5, 5.41) is 5.65. The first-order valence-electron chi connectivity index (χ1n) is 6.68. The van der Waals surface area contributed by atoms with Crippen LogP contribution in [0.15, 0.2) is 15.9 Å². The molecule has 0 spiro atoms. The van der Waals surface area contributed by atoms with Crippen LogP contribution in [0.25, 0.3) is 0 Å². The third kappa shape index (κ3) is 4.08. The highest BCUT2D eigenvalue weighted by Crippen LogP contribution is 2.30. The van der Waals surface area contributed by atoms with Crippen LogP contribution in [0.2, 0.25) is 0 Å². The summed E-state index contributed by atoms with van der Waals surface area (Å²) in [6, 6.07) is 2.80. The predicted octanol–water partition coefficient (Wildman–Crippen LogP) is 4.61. The van der Waals surface area contributed by atoms with Crippen LogP contribution in [0.4, 0.5) is 0 Å². The lowest BCUT2D eigenvalue weighted by Gasteiger charge is -2.18. The highest BCUT2D eigenvalue weighted by molar-refractivity contribution is 9.10. The molecule has 3 heteroatoms. The average molecular weight is 316 g/mol. The van der Waals surface area contributed by atoms with Crippen LogP contribution in [-0.4, -0.2) is 13.1 Å². The van der Waals surface area contributed by atoms with Gasteiger partial charge in [0.05, 0.1) is 0 Å². The van der Waals surface area contributed by atoms with Gasteiger partial charge in [-0.3, -0.25) is 0 Å². The maximum atomic E-state index is 3.62. The molecule has 1 heterocycles. The van der Waals surface area contributed by atoms with Crippen molar-refractivity contribution in [2.75, 3.05) is 7.05 Å². The summed E-state index contributed by atoms with van der Waals surface area (Å²) in [6.07, 6.45) is 9.77. The van der Waals surface area contributed by atoms with Crippen molar-refractivity contribution in [1.29, 1.82) is 0 Å². The third-order valence-corrected chi connectivity index (χ3v) is 5.88. The molecule has 0 radical (unpaired) electrons. The molecule has 0 saturated heterocycles. The molecule has 1 aliphatic rings. The Labute approximate surface area is 117 Å². The van der Waals surface area contributed by atoms with Crippen LogP contribution in [0, 0.1) is 5.92 Å². The molecule has 1 aliphatic carbocycles. The average Bonchev–Trinajstić information content (AvgIpc) is 2.96. The highest BCUT2D eigenvalue weighted by Gasteiger charge is 2.17. The highest BCUT2D eigenvalue weighted by atomic mass is 79.9. The number of hydrogen-bond donors (Lipinski definition) is 1. The molecule has 0 aromatic carbocycles. The summed E-state index contributed by atoms with van der Waals surface area (Å²) in [5.41, 5.74) is 0. The Kier molecular flexibility index (Phi) is 5.51. The van der Waals surface area contributed by atoms with E-state index in [1.54, 1.807) is 0 Å². The summed E-state index contributed by atoms with van der Waals surface area (Å²) in [6.45, 7) is 0. The summed E-state index contributed by atoms with van der Waals surface area (Å²) in [4.78, 5) is 1.48. The van der Waals surface area contributed by atoms with Crippen LogP contribution in [-0.2, 0) is 6.42 Å². The molecule has 2 rings (SSSR count). The number of nitrogens with one attached hydrogen (secondary N) is 1. The zero-order valence-corrected chi connectivity index (χ0v) is 12.9. The molecule has 1 aromatic heterocycles. The number of rotatable bonds is 6. The van der Waals surface area contributed by atoms with Gasteiger partial charge in [-0.1, -0.05) is 25.7 Å². The number of likely N-dealkylation sites (N-methyl/N-ethyl adjacent to an activating group) is 1. The molecule has 1 nitrogen and oxygen atoms in total. The summed E-state index contributed by atoms with van der Waals surface area (Å²) in [7, 11) is 2.10. The fourth-order valence-corrected chi connectivity index (χ4v) is 4.37. The van der Waals surface area contributed by atoms with Crippen molar-refractivity contribution in [3.8, 4) is 0 Å². The van der Waals surface area contributed by atoms with Crippen molar-refractivity contribution in [2.24, 2.45) is 5.92 Å². The zero-order chi connectivity index (χ0) is 12.1. The molecule has 17 heavy (non-hydrogen) atoms. The van der Waals surface area contributed by atoms with Crippen LogP contribution < -0.4 is 5.32 Å². The maximum Gasteiger partial charge on any atom is 0.0314 e. The molecule has 1 fully saturated rings. The number of hydrogen-bond acceptors (Lipinski definition) is 2. The second kappa shape index (κ2) is 6.91. The topological polar surface area (TPSA) is 12.0 Å². The van der Waals surface area contributed by atoms with Crippen LogP contribution in [0.5, 0.6) is 0 Å². The summed E-state index contributed by atoms with van der Waals surface area (Å²) >= 11 is 5.49. The number of thiophene rings is 1. The van der Waals surface area contributed by atoms with E-state index in [0.717, 1.165) is 5.92 Å². The van der Waals surface area contributed by atoms with Crippen LogP contribution >= 0.6 is 27.3 Å². The van der Waals surface area contributed by atoms with E-state index in [1.807, 2.05) is 11.3 Å². The largest absolute Gasteiger partial charge is 0.317 e. The van der Waals surface area contributed by atoms with Gasteiger partial charge in [0.1, 0.15) is 0 Å². The van der Waals surface area contributed by atoms with Crippen molar-refractivity contribution in [2.45, 2.75) is 51.0 Å². The van der Waals surface area contributed by atoms with Crippen molar-refractivity contribution >= 4 is 27.3 Å². The molecule has 0 aliphatic heterocycles. The fraction of sp³-hybridized carbons (Fsp3) is 0.714. The van der Waals surface area contributed by atoms with E-state index >= 15 is 0 Å². The van der Waals surface area contributed by atoms with Crippen LogP contribution in [0.1, 0.15) is 43.4 Å². The maximum absolute atomic E-state index is 3.62. The van der Waals surface area contributed by atoms with Gasteiger partial charge >= 0.3 is 0 Å². The molecular formula is C14H22BrNS. The Morgan fingerprint density at radius 3 is 2.82 bits per heavy atom. The monoisotopic (exact) mass is 315 g/mol. The molecule has 0 amide bonds. The summed E-state index contributed by atoms with van der Waals surface area (Å²) < 4.78 is 1.28. The van der Waals surface area contributed by atoms with Crippen molar-refractivity contribution < 1.29 is 0 Å². The van der Waals surface area contributed by atoms with Gasteiger partial charge in [0.25, 0.3) is 0 Å². The van der Waals surface area contributed by atoms with Crippen molar-refractivity contribution in [1.82, 2.24) is 5.32 Å². The van der Waals surface area contributed by atoms with Gasteiger partial charge in [-0.05, 0) is 59.6 Å². The lowest BCUT2D eigenvalue weighted by Crippen LogP contribution is -2.27. The third-order valence-electron chi connectivity index (χ3n) is 3.93. The Morgan fingerprint density at radius 2 is 2.24 bits per heavy atom. The second-order valence-corrected chi connectivity index (χ2v) is 6.96. The molecule has 1 N–H and O–H groups in total. The van der Waals surface area contributed by atoms with Crippen molar-refractivity contribution in [3.63, 3.8) is 0 Å². The SMILES string of the molecule is CNC(CCC1CCCC1)Cc1sccc1Br. The van der Waals surface area contributed by atoms with Gasteiger partial charge in [0.15, 0.2) is 0 Å². The fourth-order valence-electron chi connectivity index (χ4n) is 2.78. The smallest absolute Gasteiger partial charge is 0.0314 e. The Morgan fingerprint density at radius 1 is 1.47 bits per heavy atom. The number of halogens is 1. The minimum atomic E-state index is 0.644. The Balaban J connectivity index is 1.78. The van der Waals surface area contributed by atoms with Crippen LogP contribution in [0.3, 0.4) is 0 Å². The lowest BCUT2D eigenvalue weighted by molar-refractivity contribution is 0.419. The first kappa shape index (κ1) is 13.6. The standard InChI is InChI=1S/C14H22BrNS/c1-16-12(7-6-11-4-2-3-5-11)10-14-13(15)8-9-17-14/h8-9,11-12,16H,2-7,10H2,1H3. The van der Waals surface area contributed by atoms with E-state index in [-0.39, 0.29) is 0 Å². The van der Waals surface area contributed by atoms with Gasteiger partial charge in [0.2, 0.25) is 0 Å². The Bertz CT molecular complexity index is 331. The Hall–Kier alpha value is 0.140. The van der Waals surface area contributed by atoms with E-state index in [2.05, 4.69) is 39.7 Å².